The van der Waals surface area contributed by atoms with Crippen molar-refractivity contribution in [1.82, 2.24) is 4.90 Å². The fourth-order valence-electron chi connectivity index (χ4n) is 2.60. The minimum Gasteiger partial charge on any atom is -0.493 e. The maximum atomic E-state index is 12.7. The number of benzene rings is 2. The fourth-order valence-corrected chi connectivity index (χ4v) is 3.96. The van der Waals surface area contributed by atoms with Crippen molar-refractivity contribution in [3.05, 3.63) is 62.4 Å². The van der Waals surface area contributed by atoms with Crippen molar-refractivity contribution in [2.75, 3.05) is 19.8 Å². The van der Waals surface area contributed by atoms with E-state index in [0.717, 1.165) is 28.2 Å². The first-order chi connectivity index (χ1) is 14.0. The lowest BCUT2D eigenvalue weighted by Crippen LogP contribution is -2.32. The largest absolute Gasteiger partial charge is 0.493 e. The van der Waals surface area contributed by atoms with Gasteiger partial charge in [-0.25, -0.2) is 0 Å². The summed E-state index contributed by atoms with van der Waals surface area (Å²) >= 11 is 10.2. The van der Waals surface area contributed by atoms with Gasteiger partial charge in [-0.05, 0) is 66.7 Å². The number of hydrogen-bond acceptors (Lipinski definition) is 5. The molecule has 5 nitrogen and oxygen atoms in total. The van der Waals surface area contributed by atoms with E-state index >= 15 is 0 Å². The van der Waals surface area contributed by atoms with E-state index < -0.39 is 0 Å². The van der Waals surface area contributed by atoms with Crippen LogP contribution in [0, 0.1) is 0 Å². The Hall–Kier alpha value is -1.96. The number of carbonyl (C=O) groups excluding carboxylic acids is 2. The average molecular weight is 497 g/mol. The molecular weight excluding hydrogens is 478 g/mol. The SMILES string of the molecule is CCCOc1ccc(Br)cc1/C=C1\SC(=O)N(CCOc2ccc(Cl)cc2)C1=O. The highest BCUT2D eigenvalue weighted by Crippen LogP contribution is 2.34. The van der Waals surface area contributed by atoms with Crippen LogP contribution in [0.25, 0.3) is 6.08 Å². The van der Waals surface area contributed by atoms with Crippen LogP contribution in [0.5, 0.6) is 11.5 Å². The molecular formula is C21H19BrClNO4S. The summed E-state index contributed by atoms with van der Waals surface area (Å²) in [7, 11) is 0. The van der Waals surface area contributed by atoms with Gasteiger partial charge in [-0.3, -0.25) is 14.5 Å². The molecule has 29 heavy (non-hydrogen) atoms. The number of carbonyl (C=O) groups is 2. The highest BCUT2D eigenvalue weighted by molar-refractivity contribution is 9.10. The van der Waals surface area contributed by atoms with Crippen molar-refractivity contribution in [3.63, 3.8) is 0 Å². The van der Waals surface area contributed by atoms with Crippen LogP contribution >= 0.6 is 39.3 Å². The molecule has 3 rings (SSSR count). The summed E-state index contributed by atoms with van der Waals surface area (Å²) in [5.41, 5.74) is 0.746. The Bertz CT molecular complexity index is 933. The Kier molecular flexibility index (Phi) is 7.64. The van der Waals surface area contributed by atoms with Crippen LogP contribution in [-0.4, -0.2) is 35.8 Å². The van der Waals surface area contributed by atoms with Gasteiger partial charge in [-0.2, -0.15) is 0 Å². The number of ether oxygens (including phenoxy) is 2. The zero-order valence-corrected chi connectivity index (χ0v) is 18.9. The van der Waals surface area contributed by atoms with Gasteiger partial charge in [0, 0.05) is 15.1 Å². The van der Waals surface area contributed by atoms with Crippen LogP contribution in [0.1, 0.15) is 18.9 Å². The highest BCUT2D eigenvalue weighted by atomic mass is 79.9. The number of amides is 2. The zero-order valence-electron chi connectivity index (χ0n) is 15.7. The van der Waals surface area contributed by atoms with Crippen molar-refractivity contribution in [2.24, 2.45) is 0 Å². The lowest BCUT2D eigenvalue weighted by atomic mass is 10.2. The molecule has 1 aliphatic rings. The van der Waals surface area contributed by atoms with Gasteiger partial charge in [-0.15, -0.1) is 0 Å². The van der Waals surface area contributed by atoms with E-state index in [1.165, 1.54) is 4.90 Å². The summed E-state index contributed by atoms with van der Waals surface area (Å²) < 4.78 is 12.2. The predicted octanol–water partition coefficient (Wildman–Crippen LogP) is 6.01. The molecule has 8 heteroatoms. The van der Waals surface area contributed by atoms with Crippen LogP contribution in [0.4, 0.5) is 4.79 Å². The molecule has 0 aliphatic carbocycles. The van der Waals surface area contributed by atoms with Crippen molar-refractivity contribution in [2.45, 2.75) is 13.3 Å². The van der Waals surface area contributed by atoms with Gasteiger partial charge in [0.1, 0.15) is 18.1 Å². The molecule has 0 N–H and O–H groups in total. The van der Waals surface area contributed by atoms with Crippen molar-refractivity contribution in [3.8, 4) is 11.5 Å². The first kappa shape index (κ1) is 21.7. The average Bonchev–Trinajstić information content (AvgIpc) is 2.96. The topological polar surface area (TPSA) is 55.8 Å². The standard InChI is InChI=1S/C21H19BrClNO4S/c1-2-10-28-18-8-3-15(22)12-14(18)13-19-20(25)24(21(26)29-19)9-11-27-17-6-4-16(23)5-7-17/h3-8,12-13H,2,9-11H2,1H3/b19-13-. The first-order valence-electron chi connectivity index (χ1n) is 9.04. The number of thioether (sulfide) groups is 1. The molecule has 0 saturated carbocycles. The molecule has 1 heterocycles. The predicted molar refractivity (Wildman–Crippen MR) is 120 cm³/mol. The molecule has 152 valence electrons. The first-order valence-corrected chi connectivity index (χ1v) is 11.0. The summed E-state index contributed by atoms with van der Waals surface area (Å²) in [6, 6.07) is 12.5. The minimum atomic E-state index is -0.332. The quantitative estimate of drug-likeness (QED) is 0.419. The van der Waals surface area contributed by atoms with Crippen molar-refractivity contribution < 1.29 is 19.1 Å². The zero-order chi connectivity index (χ0) is 20.8. The van der Waals surface area contributed by atoms with E-state index in [2.05, 4.69) is 15.9 Å². The van der Waals surface area contributed by atoms with Crippen LogP contribution in [-0.2, 0) is 4.79 Å². The lowest BCUT2D eigenvalue weighted by Gasteiger charge is -2.13. The highest BCUT2D eigenvalue weighted by Gasteiger charge is 2.35. The molecule has 0 atom stereocenters. The molecule has 0 radical (unpaired) electrons. The number of halogens is 2. The summed E-state index contributed by atoms with van der Waals surface area (Å²) in [5, 5.41) is 0.301. The molecule has 2 amide bonds. The summed E-state index contributed by atoms with van der Waals surface area (Å²) in [6.45, 7) is 2.97. The summed E-state index contributed by atoms with van der Waals surface area (Å²) in [5.74, 6) is 0.970. The third kappa shape index (κ3) is 5.78. The Morgan fingerprint density at radius 2 is 1.86 bits per heavy atom. The van der Waals surface area contributed by atoms with Gasteiger partial charge >= 0.3 is 0 Å². The van der Waals surface area contributed by atoms with E-state index in [4.69, 9.17) is 21.1 Å². The normalized spacial score (nSPS) is 15.3. The number of hydrogen-bond donors (Lipinski definition) is 0. The van der Waals surface area contributed by atoms with E-state index in [0.29, 0.717) is 28.0 Å². The van der Waals surface area contributed by atoms with Gasteiger partial charge < -0.3 is 9.47 Å². The maximum Gasteiger partial charge on any atom is 0.293 e. The second-order valence-electron chi connectivity index (χ2n) is 6.17. The van der Waals surface area contributed by atoms with Crippen molar-refractivity contribution >= 4 is 56.5 Å². The van der Waals surface area contributed by atoms with Gasteiger partial charge in [0.2, 0.25) is 0 Å². The second-order valence-corrected chi connectivity index (χ2v) is 8.51. The van der Waals surface area contributed by atoms with Gasteiger partial charge in [0.05, 0.1) is 18.1 Å². The van der Waals surface area contributed by atoms with E-state index in [9.17, 15) is 9.59 Å². The Labute approximate surface area is 187 Å². The van der Waals surface area contributed by atoms with E-state index in [1.54, 1.807) is 30.3 Å². The molecule has 2 aromatic rings. The Balaban J connectivity index is 1.68. The van der Waals surface area contributed by atoms with Crippen LogP contribution in [0.15, 0.2) is 51.8 Å². The van der Waals surface area contributed by atoms with Crippen molar-refractivity contribution in [1.29, 1.82) is 0 Å². The fraction of sp³-hybridized carbons (Fsp3) is 0.238. The van der Waals surface area contributed by atoms with E-state index in [1.807, 2.05) is 25.1 Å². The molecule has 1 saturated heterocycles. The maximum absolute atomic E-state index is 12.7. The number of imide groups is 1. The molecule has 0 bridgehead atoms. The minimum absolute atomic E-state index is 0.169. The molecule has 2 aromatic carbocycles. The summed E-state index contributed by atoms with van der Waals surface area (Å²) in [6.07, 6.45) is 2.57. The third-order valence-electron chi connectivity index (χ3n) is 3.99. The molecule has 0 unspecified atom stereocenters. The lowest BCUT2D eigenvalue weighted by molar-refractivity contribution is -0.123. The third-order valence-corrected chi connectivity index (χ3v) is 5.64. The molecule has 0 spiro atoms. The van der Waals surface area contributed by atoms with E-state index in [-0.39, 0.29) is 24.3 Å². The molecule has 1 fully saturated rings. The number of nitrogens with zero attached hydrogens (tertiary/aromatic N) is 1. The van der Waals surface area contributed by atoms with Gasteiger partial charge in [-0.1, -0.05) is 34.5 Å². The molecule has 1 aliphatic heterocycles. The number of rotatable bonds is 8. The van der Waals surface area contributed by atoms with Crippen LogP contribution in [0.3, 0.4) is 0 Å². The molecule has 0 aromatic heterocycles. The van der Waals surface area contributed by atoms with Gasteiger partial charge in [0.15, 0.2) is 0 Å². The summed E-state index contributed by atoms with van der Waals surface area (Å²) in [4.78, 5) is 26.6. The Morgan fingerprint density at radius 1 is 1.10 bits per heavy atom. The van der Waals surface area contributed by atoms with Crippen LogP contribution < -0.4 is 9.47 Å². The smallest absolute Gasteiger partial charge is 0.293 e. The monoisotopic (exact) mass is 495 g/mol. The Morgan fingerprint density at radius 3 is 2.59 bits per heavy atom. The second kappa shape index (κ2) is 10.2. The van der Waals surface area contributed by atoms with Gasteiger partial charge in [0.25, 0.3) is 11.1 Å². The van der Waals surface area contributed by atoms with Crippen LogP contribution in [0.2, 0.25) is 5.02 Å².